The minimum Gasteiger partial charge on any atom is -0.495 e. The lowest BCUT2D eigenvalue weighted by atomic mass is 10.0. The molecule has 4 heteroatoms. The zero-order chi connectivity index (χ0) is 12.3. The van der Waals surface area contributed by atoms with Gasteiger partial charge in [-0.25, -0.2) is 0 Å². The highest BCUT2D eigenvalue weighted by atomic mass is 79.9. The first-order chi connectivity index (χ1) is 8.22. The third-order valence-electron chi connectivity index (χ3n) is 2.52. The monoisotopic (exact) mass is 292 g/mol. The van der Waals surface area contributed by atoms with Crippen molar-refractivity contribution in [2.45, 2.75) is 6.04 Å². The van der Waals surface area contributed by atoms with Gasteiger partial charge in [0.1, 0.15) is 11.4 Å². The molecule has 2 N–H and O–H groups in total. The predicted octanol–water partition coefficient (Wildman–Crippen LogP) is 2.90. The molecule has 0 fully saturated rings. The van der Waals surface area contributed by atoms with Crippen molar-refractivity contribution >= 4 is 15.9 Å². The van der Waals surface area contributed by atoms with E-state index in [0.29, 0.717) is 5.75 Å². The van der Waals surface area contributed by atoms with Crippen molar-refractivity contribution in [3.05, 3.63) is 58.3 Å². The average molecular weight is 293 g/mol. The second kappa shape index (κ2) is 5.29. The van der Waals surface area contributed by atoms with Crippen molar-refractivity contribution in [1.29, 1.82) is 0 Å². The number of aromatic nitrogens is 1. The third-order valence-corrected chi connectivity index (χ3v) is 3.02. The molecule has 0 aliphatic carbocycles. The van der Waals surface area contributed by atoms with Crippen molar-refractivity contribution in [1.82, 2.24) is 4.98 Å². The number of hydrogen-bond acceptors (Lipinski definition) is 3. The van der Waals surface area contributed by atoms with E-state index in [2.05, 4.69) is 20.9 Å². The molecule has 0 saturated carbocycles. The molecule has 1 unspecified atom stereocenters. The molecule has 0 saturated heterocycles. The molecule has 17 heavy (non-hydrogen) atoms. The van der Waals surface area contributed by atoms with Crippen LogP contribution < -0.4 is 10.5 Å². The maximum absolute atomic E-state index is 6.20. The fraction of sp³-hybridized carbons (Fsp3) is 0.154. The highest BCUT2D eigenvalue weighted by molar-refractivity contribution is 9.10. The first-order valence-electron chi connectivity index (χ1n) is 5.22. The fourth-order valence-electron chi connectivity index (χ4n) is 1.67. The SMILES string of the molecule is COc1cccnc1C(N)c1cccc(Br)c1. The number of methoxy groups -OCH3 is 1. The molecule has 1 atom stereocenters. The largest absolute Gasteiger partial charge is 0.495 e. The number of halogens is 1. The Morgan fingerprint density at radius 3 is 2.82 bits per heavy atom. The van der Waals surface area contributed by atoms with Crippen LogP contribution in [0.5, 0.6) is 5.75 Å². The molecule has 0 radical (unpaired) electrons. The summed E-state index contributed by atoms with van der Waals surface area (Å²) in [5.74, 6) is 0.708. The molecular formula is C13H13BrN2O. The van der Waals surface area contributed by atoms with Crippen LogP contribution in [0.2, 0.25) is 0 Å². The summed E-state index contributed by atoms with van der Waals surface area (Å²) in [6, 6.07) is 11.3. The van der Waals surface area contributed by atoms with Crippen molar-refractivity contribution in [3.8, 4) is 5.75 Å². The Morgan fingerprint density at radius 2 is 2.12 bits per heavy atom. The molecule has 88 valence electrons. The Kier molecular flexibility index (Phi) is 3.76. The quantitative estimate of drug-likeness (QED) is 0.946. The molecule has 0 spiro atoms. The van der Waals surface area contributed by atoms with Crippen LogP contribution in [-0.4, -0.2) is 12.1 Å². The van der Waals surface area contributed by atoms with Gasteiger partial charge in [-0.05, 0) is 29.8 Å². The van der Waals surface area contributed by atoms with Crippen LogP contribution in [0, 0.1) is 0 Å². The Balaban J connectivity index is 2.40. The Morgan fingerprint density at radius 1 is 1.29 bits per heavy atom. The predicted molar refractivity (Wildman–Crippen MR) is 71.0 cm³/mol. The van der Waals surface area contributed by atoms with Gasteiger partial charge >= 0.3 is 0 Å². The number of hydrogen-bond donors (Lipinski definition) is 1. The van der Waals surface area contributed by atoms with Gasteiger partial charge in [0, 0.05) is 10.7 Å². The molecular weight excluding hydrogens is 280 g/mol. The molecule has 2 aromatic rings. The molecule has 0 bridgehead atoms. The fourth-order valence-corrected chi connectivity index (χ4v) is 2.08. The summed E-state index contributed by atoms with van der Waals surface area (Å²) in [5.41, 5.74) is 7.94. The normalized spacial score (nSPS) is 12.2. The highest BCUT2D eigenvalue weighted by Crippen LogP contribution is 2.27. The summed E-state index contributed by atoms with van der Waals surface area (Å²) < 4.78 is 6.26. The molecule has 1 aromatic carbocycles. The second-order valence-corrected chi connectivity index (χ2v) is 4.54. The van der Waals surface area contributed by atoms with Crippen LogP contribution in [0.1, 0.15) is 17.3 Å². The Hall–Kier alpha value is -1.39. The standard InChI is InChI=1S/C13H13BrN2O/c1-17-11-6-3-7-16-13(11)12(15)9-4-2-5-10(14)8-9/h2-8,12H,15H2,1H3. The topological polar surface area (TPSA) is 48.1 Å². The van der Waals surface area contributed by atoms with Gasteiger partial charge in [0.15, 0.2) is 0 Å². The van der Waals surface area contributed by atoms with Gasteiger partial charge in [-0.2, -0.15) is 0 Å². The third kappa shape index (κ3) is 2.65. The molecule has 0 aliphatic heterocycles. The van der Waals surface area contributed by atoms with Crippen molar-refractivity contribution < 1.29 is 4.74 Å². The summed E-state index contributed by atoms with van der Waals surface area (Å²) in [6.07, 6.45) is 1.72. The van der Waals surface area contributed by atoms with Gasteiger partial charge < -0.3 is 10.5 Å². The molecule has 1 heterocycles. The molecule has 0 amide bonds. The summed E-state index contributed by atoms with van der Waals surface area (Å²) in [6.45, 7) is 0. The number of nitrogens with two attached hydrogens (primary N) is 1. The molecule has 2 rings (SSSR count). The van der Waals surface area contributed by atoms with E-state index in [9.17, 15) is 0 Å². The van der Waals surface area contributed by atoms with Gasteiger partial charge in [-0.3, -0.25) is 4.98 Å². The van der Waals surface area contributed by atoms with E-state index >= 15 is 0 Å². The van der Waals surface area contributed by atoms with E-state index in [0.717, 1.165) is 15.7 Å². The van der Waals surface area contributed by atoms with Crippen LogP contribution >= 0.6 is 15.9 Å². The average Bonchev–Trinajstić information content (AvgIpc) is 2.38. The zero-order valence-electron chi connectivity index (χ0n) is 9.43. The number of nitrogens with zero attached hydrogens (tertiary/aromatic N) is 1. The minimum absolute atomic E-state index is 0.288. The summed E-state index contributed by atoms with van der Waals surface area (Å²) >= 11 is 3.43. The van der Waals surface area contributed by atoms with E-state index < -0.39 is 0 Å². The van der Waals surface area contributed by atoms with E-state index in [1.54, 1.807) is 13.3 Å². The maximum atomic E-state index is 6.20. The van der Waals surface area contributed by atoms with E-state index in [1.807, 2.05) is 36.4 Å². The highest BCUT2D eigenvalue weighted by Gasteiger charge is 2.15. The van der Waals surface area contributed by atoms with Crippen LogP contribution in [0.4, 0.5) is 0 Å². The van der Waals surface area contributed by atoms with Gasteiger partial charge in [0.2, 0.25) is 0 Å². The zero-order valence-corrected chi connectivity index (χ0v) is 11.0. The summed E-state index contributed by atoms with van der Waals surface area (Å²) in [4.78, 5) is 4.29. The number of rotatable bonds is 3. The van der Waals surface area contributed by atoms with E-state index in [4.69, 9.17) is 10.5 Å². The minimum atomic E-state index is -0.288. The van der Waals surface area contributed by atoms with Gasteiger partial charge in [0.05, 0.1) is 13.2 Å². The van der Waals surface area contributed by atoms with Gasteiger partial charge in [-0.1, -0.05) is 28.1 Å². The molecule has 0 aliphatic rings. The Bertz CT molecular complexity index is 516. The van der Waals surface area contributed by atoms with Crippen molar-refractivity contribution in [2.24, 2.45) is 5.73 Å². The lowest BCUT2D eigenvalue weighted by molar-refractivity contribution is 0.404. The Labute approximate surface area is 109 Å². The maximum Gasteiger partial charge on any atom is 0.142 e. The van der Waals surface area contributed by atoms with Gasteiger partial charge in [-0.15, -0.1) is 0 Å². The second-order valence-electron chi connectivity index (χ2n) is 3.62. The van der Waals surface area contributed by atoms with E-state index in [-0.39, 0.29) is 6.04 Å². The van der Waals surface area contributed by atoms with Crippen molar-refractivity contribution in [3.63, 3.8) is 0 Å². The number of pyridine rings is 1. The van der Waals surface area contributed by atoms with Crippen LogP contribution in [0.25, 0.3) is 0 Å². The van der Waals surface area contributed by atoms with E-state index in [1.165, 1.54) is 0 Å². The smallest absolute Gasteiger partial charge is 0.142 e. The first-order valence-corrected chi connectivity index (χ1v) is 6.01. The van der Waals surface area contributed by atoms with Crippen LogP contribution in [-0.2, 0) is 0 Å². The van der Waals surface area contributed by atoms with Crippen LogP contribution in [0.3, 0.4) is 0 Å². The number of benzene rings is 1. The molecule has 3 nitrogen and oxygen atoms in total. The summed E-state index contributed by atoms with van der Waals surface area (Å²) in [7, 11) is 1.62. The lowest BCUT2D eigenvalue weighted by Crippen LogP contribution is -2.14. The van der Waals surface area contributed by atoms with Crippen molar-refractivity contribution in [2.75, 3.05) is 7.11 Å². The van der Waals surface area contributed by atoms with Gasteiger partial charge in [0.25, 0.3) is 0 Å². The summed E-state index contributed by atoms with van der Waals surface area (Å²) in [5, 5.41) is 0. The molecule has 1 aromatic heterocycles. The lowest BCUT2D eigenvalue weighted by Gasteiger charge is -2.14. The number of ether oxygens (including phenoxy) is 1. The first kappa shape index (κ1) is 12.1. The van der Waals surface area contributed by atoms with Crippen LogP contribution in [0.15, 0.2) is 47.1 Å².